The van der Waals surface area contributed by atoms with Crippen LogP contribution in [0.5, 0.6) is 0 Å². The highest BCUT2D eigenvalue weighted by atomic mass is 32.1. The molecule has 4 heterocycles. The summed E-state index contributed by atoms with van der Waals surface area (Å²) in [7, 11) is 0. The lowest BCUT2D eigenvalue weighted by Crippen LogP contribution is -2.11. The Labute approximate surface area is 379 Å². The maximum atomic E-state index is 5.16. The summed E-state index contributed by atoms with van der Waals surface area (Å²) in [6, 6.07) is 79.8. The van der Waals surface area contributed by atoms with Gasteiger partial charge < -0.3 is 9.47 Å². The second kappa shape index (κ2) is 15.1. The SMILES string of the molecule is c1ccc(-c2nc(-c3ccc(-c4cccc5c4sc4ccccc45)cc3)nc(-c3ccc(N4c5ccccc5-c5c(n(-c6ccccc6)c6ccccc56)-c5ccccc54)cc3)n2)cc1. The molecule has 0 radical (unpaired) electrons. The summed E-state index contributed by atoms with van der Waals surface area (Å²) in [4.78, 5) is 17.7. The minimum Gasteiger partial charge on any atom is -0.309 e. The Morgan fingerprint density at radius 1 is 0.338 bits per heavy atom. The van der Waals surface area contributed by atoms with Crippen molar-refractivity contribution in [2.24, 2.45) is 0 Å². The normalized spacial score (nSPS) is 12.0. The van der Waals surface area contributed by atoms with Crippen molar-refractivity contribution < 1.29 is 0 Å². The molecule has 0 unspecified atom stereocenters. The van der Waals surface area contributed by atoms with Gasteiger partial charge in [0, 0.05) is 70.3 Å². The predicted molar refractivity (Wildman–Crippen MR) is 270 cm³/mol. The number of thiophene rings is 1. The second-order valence-corrected chi connectivity index (χ2v) is 17.4. The van der Waals surface area contributed by atoms with Crippen molar-refractivity contribution in [1.82, 2.24) is 19.5 Å². The summed E-state index contributed by atoms with van der Waals surface area (Å²) in [5.41, 5.74) is 15.5. The van der Waals surface area contributed by atoms with Gasteiger partial charge in [0.05, 0.1) is 22.6 Å². The van der Waals surface area contributed by atoms with Gasteiger partial charge in [-0.05, 0) is 71.8 Å². The lowest BCUT2D eigenvalue weighted by Gasteiger charge is -2.27. The molecule has 6 heteroatoms. The molecular formula is C59H37N5S. The number of rotatable bonds is 6. The number of para-hydroxylation sites is 4. The molecule has 9 aromatic carbocycles. The van der Waals surface area contributed by atoms with Crippen LogP contribution in [0.25, 0.3) is 104 Å². The highest BCUT2D eigenvalue weighted by Crippen LogP contribution is 2.54. The lowest BCUT2D eigenvalue weighted by atomic mass is 9.98. The summed E-state index contributed by atoms with van der Waals surface area (Å²) in [6.45, 7) is 0. The molecule has 1 aliphatic rings. The Morgan fingerprint density at radius 2 is 0.846 bits per heavy atom. The Kier molecular flexibility index (Phi) is 8.64. The van der Waals surface area contributed by atoms with E-state index in [-0.39, 0.29) is 0 Å². The summed E-state index contributed by atoms with van der Waals surface area (Å²) >= 11 is 1.85. The number of hydrogen-bond acceptors (Lipinski definition) is 5. The van der Waals surface area contributed by atoms with E-state index in [4.69, 9.17) is 15.0 Å². The zero-order chi connectivity index (χ0) is 42.8. The molecule has 13 rings (SSSR count). The van der Waals surface area contributed by atoms with Crippen LogP contribution < -0.4 is 4.90 Å². The van der Waals surface area contributed by atoms with Gasteiger partial charge in [0.15, 0.2) is 17.5 Å². The molecule has 0 spiro atoms. The average molecular weight is 848 g/mol. The maximum absolute atomic E-state index is 5.16. The summed E-state index contributed by atoms with van der Waals surface area (Å²) in [5, 5.41) is 3.81. The molecule has 304 valence electrons. The number of fused-ring (bicyclic) bond motifs is 10. The Balaban J connectivity index is 0.919. The van der Waals surface area contributed by atoms with Gasteiger partial charge in [0.25, 0.3) is 0 Å². The van der Waals surface area contributed by atoms with Crippen LogP contribution in [0.4, 0.5) is 17.1 Å². The fraction of sp³-hybridized carbons (Fsp3) is 0. The number of hydrogen-bond donors (Lipinski definition) is 0. The predicted octanol–water partition coefficient (Wildman–Crippen LogP) is 16.0. The number of aromatic nitrogens is 4. The quantitative estimate of drug-likeness (QED) is 0.167. The van der Waals surface area contributed by atoms with E-state index in [2.05, 4.69) is 216 Å². The average Bonchev–Trinajstić information content (AvgIpc) is 3.90. The van der Waals surface area contributed by atoms with Crippen molar-refractivity contribution in [3.63, 3.8) is 0 Å². The summed E-state index contributed by atoms with van der Waals surface area (Å²) in [5.74, 6) is 1.88. The summed E-state index contributed by atoms with van der Waals surface area (Å²) < 4.78 is 5.02. The fourth-order valence-electron chi connectivity index (χ4n) is 9.65. The molecule has 0 amide bonds. The molecule has 0 N–H and O–H groups in total. The van der Waals surface area contributed by atoms with Gasteiger partial charge in [0.2, 0.25) is 0 Å². The van der Waals surface area contributed by atoms with E-state index in [9.17, 15) is 0 Å². The second-order valence-electron chi connectivity index (χ2n) is 16.4. The van der Waals surface area contributed by atoms with E-state index in [1.54, 1.807) is 0 Å². The first-order chi connectivity index (χ1) is 32.2. The lowest BCUT2D eigenvalue weighted by molar-refractivity contribution is 1.07. The van der Waals surface area contributed by atoms with Crippen LogP contribution >= 0.6 is 11.3 Å². The van der Waals surface area contributed by atoms with Gasteiger partial charge in [-0.15, -0.1) is 11.3 Å². The van der Waals surface area contributed by atoms with E-state index < -0.39 is 0 Å². The first-order valence-corrected chi connectivity index (χ1v) is 22.7. The van der Waals surface area contributed by atoms with Crippen molar-refractivity contribution in [2.75, 3.05) is 4.90 Å². The number of anilines is 3. The van der Waals surface area contributed by atoms with Gasteiger partial charge >= 0.3 is 0 Å². The van der Waals surface area contributed by atoms with Crippen LogP contribution in [0.1, 0.15) is 0 Å². The van der Waals surface area contributed by atoms with Crippen LogP contribution in [0.15, 0.2) is 224 Å². The Morgan fingerprint density at radius 3 is 1.57 bits per heavy atom. The topological polar surface area (TPSA) is 46.8 Å². The molecule has 0 saturated heterocycles. The molecule has 5 nitrogen and oxygen atoms in total. The largest absolute Gasteiger partial charge is 0.309 e. The van der Waals surface area contributed by atoms with E-state index in [0.717, 1.165) is 50.6 Å². The molecule has 3 aromatic heterocycles. The van der Waals surface area contributed by atoms with E-state index in [1.807, 2.05) is 29.5 Å². The monoisotopic (exact) mass is 847 g/mol. The van der Waals surface area contributed by atoms with E-state index >= 15 is 0 Å². The fourth-order valence-corrected chi connectivity index (χ4v) is 10.9. The zero-order valence-electron chi connectivity index (χ0n) is 35.0. The number of nitrogens with zero attached hydrogens (tertiary/aromatic N) is 5. The van der Waals surface area contributed by atoms with Crippen LogP contribution in [0, 0.1) is 0 Å². The molecule has 0 aliphatic carbocycles. The maximum Gasteiger partial charge on any atom is 0.164 e. The third-order valence-electron chi connectivity index (χ3n) is 12.6. The molecule has 12 aromatic rings. The number of benzene rings is 9. The Hall–Kier alpha value is -8.45. The molecule has 0 atom stereocenters. The van der Waals surface area contributed by atoms with Crippen molar-refractivity contribution >= 4 is 59.5 Å². The summed E-state index contributed by atoms with van der Waals surface area (Å²) in [6.07, 6.45) is 0. The van der Waals surface area contributed by atoms with Gasteiger partial charge in [-0.3, -0.25) is 0 Å². The van der Waals surface area contributed by atoms with Crippen LogP contribution in [0.3, 0.4) is 0 Å². The molecular weight excluding hydrogens is 811 g/mol. The smallest absolute Gasteiger partial charge is 0.164 e. The van der Waals surface area contributed by atoms with Crippen LogP contribution in [-0.4, -0.2) is 19.5 Å². The molecule has 0 fully saturated rings. The van der Waals surface area contributed by atoms with Crippen molar-refractivity contribution in [3.8, 4) is 73.4 Å². The molecule has 0 saturated carbocycles. The van der Waals surface area contributed by atoms with Crippen LogP contribution in [-0.2, 0) is 0 Å². The standard InChI is InChI=1S/C59H37N5S/c1-3-16-39(17-4-1)57-60-58(40-32-30-38(31-33-40)44-24-15-25-46-45-20-10-14-29-53(45)65-56(44)46)62-59(61-57)41-34-36-43(37-35-41)63-50-26-11-7-21-47(50)54-48-22-8-12-27-51(48)64(42-18-5-2-6-19-42)55(54)49-23-9-13-28-52(49)63/h1-37H. The first-order valence-electron chi connectivity index (χ1n) is 21.9. The van der Waals surface area contributed by atoms with Gasteiger partial charge in [-0.1, -0.05) is 164 Å². The minimum atomic E-state index is 0.618. The molecule has 1 aliphatic heterocycles. The van der Waals surface area contributed by atoms with Crippen molar-refractivity contribution in [1.29, 1.82) is 0 Å². The first kappa shape index (κ1) is 37.1. The highest BCUT2D eigenvalue weighted by Gasteiger charge is 2.31. The van der Waals surface area contributed by atoms with E-state index in [1.165, 1.54) is 53.5 Å². The molecule has 0 bridgehead atoms. The third-order valence-corrected chi connectivity index (χ3v) is 13.8. The van der Waals surface area contributed by atoms with Crippen molar-refractivity contribution in [2.45, 2.75) is 0 Å². The molecule has 65 heavy (non-hydrogen) atoms. The van der Waals surface area contributed by atoms with E-state index in [0.29, 0.717) is 17.5 Å². The zero-order valence-corrected chi connectivity index (χ0v) is 35.8. The van der Waals surface area contributed by atoms with Gasteiger partial charge in [0.1, 0.15) is 0 Å². The van der Waals surface area contributed by atoms with Crippen molar-refractivity contribution in [3.05, 3.63) is 224 Å². The third kappa shape index (κ3) is 6.10. The van der Waals surface area contributed by atoms with Gasteiger partial charge in [-0.2, -0.15) is 0 Å². The minimum absolute atomic E-state index is 0.618. The van der Waals surface area contributed by atoms with Gasteiger partial charge in [-0.25, -0.2) is 15.0 Å². The Bertz CT molecular complexity index is 3760. The van der Waals surface area contributed by atoms with Crippen LogP contribution in [0.2, 0.25) is 0 Å². The highest BCUT2D eigenvalue weighted by molar-refractivity contribution is 7.26.